The molecule has 0 aromatic carbocycles. The van der Waals surface area contributed by atoms with Crippen LogP contribution in [0.25, 0.3) is 0 Å². The zero-order chi connectivity index (χ0) is 35.0. The van der Waals surface area contributed by atoms with Gasteiger partial charge in [-0.05, 0) is 136 Å². The molecule has 0 radical (unpaired) electrons. The lowest BCUT2D eigenvalue weighted by molar-refractivity contribution is -0.154. The first-order chi connectivity index (χ1) is 23.1. The summed E-state index contributed by atoms with van der Waals surface area (Å²) in [6.45, 7) is 12.2. The Kier molecular flexibility index (Phi) is 9.23. The number of fused-ring (bicyclic) bond motifs is 5. The van der Waals surface area contributed by atoms with E-state index in [1.807, 2.05) is 18.7 Å². The van der Waals surface area contributed by atoms with Crippen LogP contribution in [0.4, 0.5) is 0 Å². The van der Waals surface area contributed by atoms with E-state index in [0.717, 1.165) is 44.2 Å². The molecule has 7 rings (SSSR count). The van der Waals surface area contributed by atoms with Gasteiger partial charge in [-0.2, -0.15) is 0 Å². The third-order valence-electron chi connectivity index (χ3n) is 16.1. The molecule has 0 bridgehead atoms. The average Bonchev–Trinajstić information content (AvgIpc) is 3.80. The van der Waals surface area contributed by atoms with Crippen molar-refractivity contribution in [1.29, 1.82) is 0 Å². The fourth-order valence-corrected chi connectivity index (χ4v) is 12.9. The number of carbonyl (C=O) groups excluding carboxylic acids is 1. The number of aliphatic hydroxyl groups is 4. The van der Waals surface area contributed by atoms with Gasteiger partial charge in [0.15, 0.2) is 5.78 Å². The third-order valence-corrected chi connectivity index (χ3v) is 16.1. The molecule has 4 N–H and O–H groups in total. The van der Waals surface area contributed by atoms with E-state index in [4.69, 9.17) is 0 Å². The molecular weight excluding hydrogens is 612 g/mol. The number of aryl methyl sites for hydroxylation is 1. The average molecular weight is 677 g/mol. The second kappa shape index (κ2) is 12.7. The van der Waals surface area contributed by atoms with Crippen LogP contribution in [0.5, 0.6) is 0 Å². The number of ketones is 1. The summed E-state index contributed by atoms with van der Waals surface area (Å²) >= 11 is 0. The number of carbonyl (C=O) groups is 1. The minimum Gasteiger partial charge on any atom is -0.393 e. The van der Waals surface area contributed by atoms with Crippen LogP contribution in [0, 0.1) is 45.3 Å². The highest BCUT2D eigenvalue weighted by Gasteiger charge is 2.67. The van der Waals surface area contributed by atoms with E-state index in [9.17, 15) is 25.2 Å². The van der Waals surface area contributed by atoms with E-state index in [-0.39, 0.29) is 41.3 Å². The first kappa shape index (κ1) is 35.6. The second-order valence-corrected chi connectivity index (χ2v) is 19.0. The van der Waals surface area contributed by atoms with E-state index in [0.29, 0.717) is 24.7 Å². The van der Waals surface area contributed by atoms with Crippen molar-refractivity contribution in [2.45, 2.75) is 168 Å². The van der Waals surface area contributed by atoms with Crippen molar-refractivity contribution in [2.24, 2.45) is 45.3 Å². The monoisotopic (exact) mass is 676 g/mol. The molecule has 5 saturated carbocycles. The maximum absolute atomic E-state index is 13.7. The van der Waals surface area contributed by atoms with E-state index in [2.05, 4.69) is 44.2 Å². The lowest BCUT2D eigenvalue weighted by Gasteiger charge is -2.60. The summed E-state index contributed by atoms with van der Waals surface area (Å²) in [5, 5.41) is 46.3. The Morgan fingerprint density at radius 2 is 1.78 bits per heavy atom. The number of nitrogens with zero attached hydrogens (tertiary/aromatic N) is 2. The van der Waals surface area contributed by atoms with E-state index < -0.39 is 34.7 Å². The van der Waals surface area contributed by atoms with Crippen molar-refractivity contribution in [2.75, 3.05) is 0 Å². The van der Waals surface area contributed by atoms with Crippen LogP contribution in [-0.2, 0) is 11.3 Å². The molecule has 7 nitrogen and oxygen atoms in total. The smallest absolute Gasteiger partial charge is 0.159 e. The predicted molar refractivity (Wildman–Crippen MR) is 191 cm³/mol. The van der Waals surface area contributed by atoms with Crippen molar-refractivity contribution in [1.82, 2.24) is 9.55 Å². The normalized spacial score (nSPS) is 41.1. The minimum atomic E-state index is -1.11. The Morgan fingerprint density at radius 1 is 1.04 bits per heavy atom. The summed E-state index contributed by atoms with van der Waals surface area (Å²) in [7, 11) is 0. The van der Waals surface area contributed by atoms with Crippen molar-refractivity contribution < 1.29 is 25.2 Å². The largest absolute Gasteiger partial charge is 0.393 e. The molecule has 0 saturated heterocycles. The van der Waals surface area contributed by atoms with Crippen LogP contribution in [0.15, 0.2) is 41.5 Å². The van der Waals surface area contributed by atoms with Gasteiger partial charge in [0.1, 0.15) is 0 Å². The Balaban J connectivity index is 1.15. The summed E-state index contributed by atoms with van der Waals surface area (Å²) in [4.78, 5) is 17.9. The minimum absolute atomic E-state index is 0.00406. The molecule has 6 aliphatic rings. The molecule has 6 aliphatic carbocycles. The highest BCUT2D eigenvalue weighted by atomic mass is 16.3. The van der Waals surface area contributed by atoms with Gasteiger partial charge in [0.2, 0.25) is 0 Å². The number of hydrogen-bond donors (Lipinski definition) is 4. The van der Waals surface area contributed by atoms with Gasteiger partial charge in [-0.15, -0.1) is 0 Å². The van der Waals surface area contributed by atoms with Gasteiger partial charge in [-0.25, -0.2) is 4.98 Å². The van der Waals surface area contributed by atoms with Gasteiger partial charge in [0.05, 0.1) is 30.2 Å². The predicted octanol–water partition coefficient (Wildman–Crippen LogP) is 7.32. The number of hydrogen-bond acceptors (Lipinski definition) is 6. The van der Waals surface area contributed by atoms with Crippen LogP contribution < -0.4 is 0 Å². The number of aliphatic hydroxyl groups excluding tert-OH is 3. The summed E-state index contributed by atoms with van der Waals surface area (Å²) in [5.74, 6) is -0.194. The van der Waals surface area contributed by atoms with Crippen molar-refractivity contribution in [3.05, 3.63) is 41.5 Å². The molecule has 10 unspecified atom stereocenters. The SMILES string of the molecule is CC(C(O)CC(=C1CCCC2(CCCC2)C1)C(C)(C)CCn1ccnc1)C1CCC2(O)C3=CC(=O)C4CC(O)C(O)CC4(C)C3CCC12C. The van der Waals surface area contributed by atoms with Crippen LogP contribution >= 0.6 is 0 Å². The maximum atomic E-state index is 13.7. The lowest BCUT2D eigenvalue weighted by atomic mass is 9.46. The number of rotatable bonds is 8. The van der Waals surface area contributed by atoms with Gasteiger partial charge < -0.3 is 25.0 Å². The Morgan fingerprint density at radius 3 is 2.49 bits per heavy atom. The Labute approximate surface area is 294 Å². The van der Waals surface area contributed by atoms with Crippen LogP contribution in [0.3, 0.4) is 0 Å². The van der Waals surface area contributed by atoms with Crippen LogP contribution in [-0.4, -0.2) is 59.7 Å². The standard InChI is InChI=1S/C42H64N2O5/c1-27(29-11-16-42(49)32-22-35(46)33-23-36(47)37(48)25-39(33,4)30(32)10-15-40(29,42)5)34(45)21-31(38(2,3)17-19-44-20-18-43-26-44)28-9-8-14-41(24-28)12-6-7-13-41/h18,20,22,26-27,29-30,33-34,36-37,45,47-49H,6-17,19,21,23-25H2,1-5H3. The second-order valence-electron chi connectivity index (χ2n) is 19.0. The molecule has 0 amide bonds. The van der Waals surface area contributed by atoms with Crippen LogP contribution in [0.1, 0.15) is 137 Å². The zero-order valence-corrected chi connectivity index (χ0v) is 31.0. The summed E-state index contributed by atoms with van der Waals surface area (Å²) < 4.78 is 2.17. The number of aromatic nitrogens is 2. The van der Waals surface area contributed by atoms with Gasteiger partial charge in [-0.3, -0.25) is 4.79 Å². The first-order valence-electron chi connectivity index (χ1n) is 19.8. The number of allylic oxidation sites excluding steroid dienone is 2. The molecule has 1 aromatic heterocycles. The van der Waals surface area contributed by atoms with Crippen molar-refractivity contribution in [3.8, 4) is 0 Å². The molecule has 49 heavy (non-hydrogen) atoms. The van der Waals surface area contributed by atoms with Gasteiger partial charge in [0.25, 0.3) is 0 Å². The molecular formula is C42H64N2O5. The molecule has 1 spiro atoms. The highest BCUT2D eigenvalue weighted by Crippen LogP contribution is 2.68. The molecule has 10 atom stereocenters. The van der Waals surface area contributed by atoms with Gasteiger partial charge in [-0.1, -0.05) is 58.6 Å². The maximum Gasteiger partial charge on any atom is 0.159 e. The zero-order valence-electron chi connectivity index (χ0n) is 31.0. The van der Waals surface area contributed by atoms with E-state index in [1.54, 1.807) is 11.6 Å². The topological polar surface area (TPSA) is 116 Å². The molecule has 1 heterocycles. The molecule has 0 aliphatic heterocycles. The Bertz CT molecular complexity index is 1460. The lowest BCUT2D eigenvalue weighted by Crippen LogP contribution is -2.61. The van der Waals surface area contributed by atoms with Crippen LogP contribution in [0.2, 0.25) is 0 Å². The summed E-state index contributed by atoms with van der Waals surface area (Å²) in [6, 6.07) is 0. The highest BCUT2D eigenvalue weighted by molar-refractivity contribution is 5.95. The third kappa shape index (κ3) is 5.85. The molecule has 5 fully saturated rings. The van der Waals surface area contributed by atoms with E-state index in [1.165, 1.54) is 50.5 Å². The van der Waals surface area contributed by atoms with Gasteiger partial charge in [0, 0.05) is 30.3 Å². The van der Waals surface area contributed by atoms with Gasteiger partial charge >= 0.3 is 0 Å². The summed E-state index contributed by atoms with van der Waals surface area (Å²) in [6.07, 6.45) is 21.1. The first-order valence-corrected chi connectivity index (χ1v) is 19.8. The quantitative estimate of drug-likeness (QED) is 0.215. The Hall–Kier alpha value is -1.80. The molecule has 7 heteroatoms. The molecule has 272 valence electrons. The summed E-state index contributed by atoms with van der Waals surface area (Å²) in [5.41, 5.74) is 2.31. The van der Waals surface area contributed by atoms with E-state index >= 15 is 0 Å². The fourth-order valence-electron chi connectivity index (χ4n) is 12.9. The number of imidazole rings is 1. The fraction of sp³-hybridized carbons (Fsp3) is 0.810. The molecule has 1 aromatic rings. The van der Waals surface area contributed by atoms with Crippen molar-refractivity contribution >= 4 is 5.78 Å². The van der Waals surface area contributed by atoms with Crippen molar-refractivity contribution in [3.63, 3.8) is 0 Å².